The Morgan fingerprint density at radius 2 is 1.51 bits per heavy atom. The molecule has 1 aliphatic rings. The monoisotopic (exact) mass is 561 g/mol. The van der Waals surface area contributed by atoms with Crippen LogP contribution >= 0.6 is 10.9 Å². The number of phenolic OH excluding ortho intramolecular Hbond substituents is 2. The van der Waals surface area contributed by atoms with E-state index in [1.165, 1.54) is 50.6 Å². The number of phenols is 2. The molecule has 0 aromatic heterocycles. The number of carbonyl (C=O) groups is 2. The van der Waals surface area contributed by atoms with Gasteiger partial charge >= 0.3 is 17.5 Å². The molecule has 2 atom stereocenters. The Morgan fingerprint density at radius 3 is 2.00 bits per heavy atom. The van der Waals surface area contributed by atoms with Gasteiger partial charge in [0, 0.05) is 17.3 Å². The van der Waals surface area contributed by atoms with Crippen LogP contribution < -0.4 is 9.47 Å². The number of hydrogen-bond acceptors (Lipinski definition) is 9. The predicted octanol–water partition coefficient (Wildman–Crippen LogP) is 4.04. The third kappa shape index (κ3) is 4.76. The molecule has 2 aromatic rings. The van der Waals surface area contributed by atoms with Crippen molar-refractivity contribution >= 4 is 22.8 Å². The summed E-state index contributed by atoms with van der Waals surface area (Å²) in [5.41, 5.74) is -4.02. The summed E-state index contributed by atoms with van der Waals surface area (Å²) in [5.74, 6) is -3.14. The van der Waals surface area contributed by atoms with Crippen LogP contribution in [0.2, 0.25) is 0 Å². The van der Waals surface area contributed by atoms with E-state index < -0.39 is 50.1 Å². The zero-order valence-corrected chi connectivity index (χ0v) is 23.0. The second-order valence-electron chi connectivity index (χ2n) is 9.45. The number of carboxylic acid groups (broad SMARTS) is 1. The van der Waals surface area contributed by atoms with Gasteiger partial charge in [0.05, 0.1) is 20.6 Å². The standard InChI is InChI=1S/C27H31NO10S/c1-17(29)38-27(39-12-6-7-13-39,25(2,3)19-9-11-21(31)23(15-19)37-5)26(24(32)33,28(34)35)16-18-8-10-20(30)22(14-18)36-4/h6-15,30-31,39H,16H2,1-5H3,(H,32,33). The average Bonchev–Trinajstić information content (AvgIpc) is 3.41. The highest BCUT2D eigenvalue weighted by Crippen LogP contribution is 2.63. The number of nitrogens with zero attached hydrogens (tertiary/aromatic N) is 1. The number of methoxy groups -OCH3 is 2. The van der Waals surface area contributed by atoms with Crippen molar-refractivity contribution in [1.29, 1.82) is 0 Å². The van der Waals surface area contributed by atoms with Crippen molar-refractivity contribution < 1.29 is 44.0 Å². The lowest BCUT2D eigenvalue weighted by molar-refractivity contribution is -0.573. The van der Waals surface area contributed by atoms with E-state index in [2.05, 4.69) is 0 Å². The maximum absolute atomic E-state index is 13.3. The Hall–Kier alpha value is -4.19. The first kappa shape index (κ1) is 29.4. The minimum absolute atomic E-state index is 0.0119. The number of nitro groups is 1. The lowest BCUT2D eigenvalue weighted by atomic mass is 9.68. The smallest absolute Gasteiger partial charge is 0.388 e. The van der Waals surface area contributed by atoms with Crippen LogP contribution in [0.1, 0.15) is 31.9 Å². The Bertz CT molecular complexity index is 1330. The molecule has 0 amide bonds. The molecule has 0 bridgehead atoms. The number of thiol groups is 1. The highest BCUT2D eigenvalue weighted by Gasteiger charge is 2.77. The van der Waals surface area contributed by atoms with Gasteiger partial charge in [-0.15, -0.1) is 0 Å². The minimum atomic E-state index is -2.94. The van der Waals surface area contributed by atoms with Crippen LogP contribution in [0.4, 0.5) is 0 Å². The molecule has 3 rings (SSSR count). The molecule has 0 radical (unpaired) electrons. The zero-order chi connectivity index (χ0) is 29.2. The van der Waals surface area contributed by atoms with Crippen LogP contribution in [0.25, 0.3) is 0 Å². The first-order chi connectivity index (χ1) is 18.3. The molecule has 0 spiro atoms. The summed E-state index contributed by atoms with van der Waals surface area (Å²) in [7, 11) is 0.682. The van der Waals surface area contributed by atoms with Gasteiger partial charge in [-0.05, 0) is 46.2 Å². The number of carbonyl (C=O) groups excluding carboxylic acids is 1. The lowest BCUT2D eigenvalue weighted by Gasteiger charge is -2.53. The van der Waals surface area contributed by atoms with Gasteiger partial charge in [-0.3, -0.25) is 14.9 Å². The molecule has 2 unspecified atom stereocenters. The Morgan fingerprint density at radius 1 is 0.974 bits per heavy atom. The van der Waals surface area contributed by atoms with Crippen molar-refractivity contribution in [2.75, 3.05) is 14.2 Å². The highest BCUT2D eigenvalue weighted by atomic mass is 32.2. The molecule has 2 aromatic carbocycles. The Balaban J connectivity index is 2.48. The molecule has 11 nitrogen and oxygen atoms in total. The molecule has 12 heteroatoms. The van der Waals surface area contributed by atoms with E-state index in [0.29, 0.717) is 5.56 Å². The summed E-state index contributed by atoms with van der Waals surface area (Å²) in [6.07, 6.45) is 2.51. The SMILES string of the molecule is COc1cc(CC(C(=O)O)([N+](=O)[O-])C(OC(C)=O)([SH]2C=CC=C2)C(C)(C)c2ccc(O)c(OC)c2)ccc1O. The molecule has 210 valence electrons. The van der Waals surface area contributed by atoms with Crippen molar-refractivity contribution in [3.8, 4) is 23.0 Å². The number of aromatic hydroxyl groups is 2. The number of carboxylic acids is 1. The summed E-state index contributed by atoms with van der Waals surface area (Å²) < 4.78 is 16.3. The fraction of sp³-hybridized carbons (Fsp3) is 0.333. The minimum Gasteiger partial charge on any atom is -0.504 e. The molecule has 0 saturated heterocycles. The summed E-state index contributed by atoms with van der Waals surface area (Å²) in [4.78, 5) is 36.0. The largest absolute Gasteiger partial charge is 0.504 e. The summed E-state index contributed by atoms with van der Waals surface area (Å²) in [5, 5.41) is 47.4. The van der Waals surface area contributed by atoms with Gasteiger partial charge in [0.1, 0.15) is 0 Å². The van der Waals surface area contributed by atoms with Gasteiger partial charge in [-0.2, -0.15) is 10.9 Å². The van der Waals surface area contributed by atoms with Crippen LogP contribution in [0, 0.1) is 10.1 Å². The third-order valence-electron chi connectivity index (χ3n) is 6.94. The quantitative estimate of drug-likeness (QED) is 0.136. The van der Waals surface area contributed by atoms with Gasteiger partial charge in [0.25, 0.3) is 0 Å². The highest BCUT2D eigenvalue weighted by molar-refractivity contribution is 8.23. The topological polar surface area (TPSA) is 166 Å². The summed E-state index contributed by atoms with van der Waals surface area (Å²) >= 11 is 0. The molecular weight excluding hydrogens is 530 g/mol. The maximum atomic E-state index is 13.3. The van der Waals surface area contributed by atoms with Crippen LogP contribution in [0.15, 0.2) is 59.4 Å². The number of aliphatic carboxylic acids is 1. The summed E-state index contributed by atoms with van der Waals surface area (Å²) in [6.45, 7) is 4.18. The van der Waals surface area contributed by atoms with Gasteiger partial charge in [-0.1, -0.05) is 38.1 Å². The molecule has 3 N–H and O–H groups in total. The van der Waals surface area contributed by atoms with Crippen molar-refractivity contribution in [3.05, 3.63) is 80.6 Å². The van der Waals surface area contributed by atoms with Crippen molar-refractivity contribution in [3.63, 3.8) is 0 Å². The molecule has 1 aliphatic heterocycles. The van der Waals surface area contributed by atoms with Crippen molar-refractivity contribution in [2.45, 2.75) is 43.1 Å². The van der Waals surface area contributed by atoms with E-state index in [9.17, 15) is 35.0 Å². The van der Waals surface area contributed by atoms with E-state index >= 15 is 0 Å². The molecule has 39 heavy (non-hydrogen) atoms. The maximum Gasteiger partial charge on any atom is 0.388 e. The number of allylic oxidation sites excluding steroid dienone is 2. The Kier molecular flexibility index (Phi) is 8.20. The van der Waals surface area contributed by atoms with Crippen LogP contribution in [-0.4, -0.2) is 56.9 Å². The van der Waals surface area contributed by atoms with Crippen LogP contribution in [-0.2, 0) is 26.2 Å². The first-order valence-electron chi connectivity index (χ1n) is 11.7. The number of ether oxygens (including phenoxy) is 3. The third-order valence-corrected chi connectivity index (χ3v) is 9.67. The van der Waals surface area contributed by atoms with Gasteiger partial charge in [0.2, 0.25) is 4.93 Å². The molecule has 1 heterocycles. The Labute approximate surface area is 227 Å². The molecule has 0 aliphatic carbocycles. The fourth-order valence-electron chi connectivity index (χ4n) is 5.07. The zero-order valence-electron chi connectivity index (χ0n) is 22.1. The van der Waals surface area contributed by atoms with Gasteiger partial charge in [0.15, 0.2) is 23.0 Å². The second-order valence-corrected chi connectivity index (χ2v) is 11.5. The van der Waals surface area contributed by atoms with E-state index in [-0.39, 0.29) is 28.6 Å². The van der Waals surface area contributed by atoms with E-state index in [0.717, 1.165) is 6.92 Å². The lowest BCUT2D eigenvalue weighted by Crippen LogP contribution is -2.72. The predicted molar refractivity (Wildman–Crippen MR) is 145 cm³/mol. The number of benzene rings is 2. The van der Waals surface area contributed by atoms with Crippen molar-refractivity contribution in [1.82, 2.24) is 0 Å². The number of hydrogen-bond donors (Lipinski definition) is 4. The van der Waals surface area contributed by atoms with Crippen LogP contribution in [0.3, 0.4) is 0 Å². The van der Waals surface area contributed by atoms with E-state index in [1.807, 2.05) is 0 Å². The summed E-state index contributed by atoms with van der Waals surface area (Å²) in [6, 6.07) is 8.13. The van der Waals surface area contributed by atoms with Crippen molar-refractivity contribution in [2.24, 2.45) is 0 Å². The van der Waals surface area contributed by atoms with Crippen LogP contribution in [0.5, 0.6) is 23.0 Å². The number of rotatable bonds is 11. The molecular formula is C27H31NO10S. The normalized spacial score (nSPS) is 16.7. The fourth-order valence-corrected chi connectivity index (χ4v) is 7.85. The number of esters is 1. The van der Waals surface area contributed by atoms with Gasteiger partial charge < -0.3 is 29.5 Å². The second kappa shape index (κ2) is 10.9. The van der Waals surface area contributed by atoms with E-state index in [1.54, 1.807) is 36.8 Å². The molecule has 0 saturated carbocycles. The molecule has 0 fully saturated rings. The van der Waals surface area contributed by atoms with Gasteiger partial charge in [-0.25, -0.2) is 4.79 Å². The van der Waals surface area contributed by atoms with E-state index in [4.69, 9.17) is 14.2 Å². The first-order valence-corrected chi connectivity index (χ1v) is 13.2. The average molecular weight is 562 g/mol.